The molecule has 1 aromatic carbocycles. The van der Waals surface area contributed by atoms with E-state index in [4.69, 9.17) is 10.5 Å². The van der Waals surface area contributed by atoms with E-state index < -0.39 is 24.4 Å². The summed E-state index contributed by atoms with van der Waals surface area (Å²) >= 11 is 0. The molecule has 22 heavy (non-hydrogen) atoms. The maximum absolute atomic E-state index is 13.0. The van der Waals surface area contributed by atoms with Gasteiger partial charge in [0.25, 0.3) is 0 Å². The molecule has 0 bridgehead atoms. The van der Waals surface area contributed by atoms with Crippen molar-refractivity contribution in [3.05, 3.63) is 35.9 Å². The van der Waals surface area contributed by atoms with E-state index in [1.807, 2.05) is 0 Å². The minimum absolute atomic E-state index is 0. The van der Waals surface area contributed by atoms with Gasteiger partial charge in [-0.05, 0) is 18.4 Å². The Labute approximate surface area is 132 Å². The first-order chi connectivity index (χ1) is 9.88. The van der Waals surface area contributed by atoms with E-state index in [1.165, 1.54) is 0 Å². The number of nitrogens with zero attached hydrogens (tertiary/aromatic N) is 1. The lowest BCUT2D eigenvalue weighted by atomic mass is 9.99. The van der Waals surface area contributed by atoms with E-state index in [0.717, 1.165) is 5.56 Å². The number of amides is 1. The summed E-state index contributed by atoms with van der Waals surface area (Å²) in [5.41, 5.74) is 6.38. The van der Waals surface area contributed by atoms with Crippen molar-refractivity contribution in [2.75, 3.05) is 6.54 Å². The van der Waals surface area contributed by atoms with Crippen LogP contribution in [-0.2, 0) is 11.3 Å². The highest BCUT2D eigenvalue weighted by Gasteiger charge is 2.48. The van der Waals surface area contributed by atoms with Gasteiger partial charge < -0.3 is 10.5 Å². The monoisotopic (exact) mass is 338 g/mol. The largest absolute Gasteiger partial charge is 0.445 e. The number of benzene rings is 1. The summed E-state index contributed by atoms with van der Waals surface area (Å²) in [7, 11) is 0. The van der Waals surface area contributed by atoms with E-state index >= 15 is 0 Å². The van der Waals surface area contributed by atoms with Gasteiger partial charge in [-0.2, -0.15) is 13.2 Å². The fourth-order valence-corrected chi connectivity index (χ4v) is 2.34. The van der Waals surface area contributed by atoms with Gasteiger partial charge in [-0.1, -0.05) is 30.3 Å². The SMILES string of the molecule is Cl.N[C@@H]1CC[C@H](C(F)(F)F)N(C(=O)OCc2ccccc2)C1. The first-order valence-electron chi connectivity index (χ1n) is 6.67. The van der Waals surface area contributed by atoms with Gasteiger partial charge in [-0.25, -0.2) is 4.79 Å². The lowest BCUT2D eigenvalue weighted by Crippen LogP contribution is -2.56. The van der Waals surface area contributed by atoms with Gasteiger partial charge in [0, 0.05) is 12.6 Å². The number of carbonyl (C=O) groups is 1. The molecule has 1 heterocycles. The lowest BCUT2D eigenvalue weighted by Gasteiger charge is -2.38. The fraction of sp³-hybridized carbons (Fsp3) is 0.500. The summed E-state index contributed by atoms with van der Waals surface area (Å²) in [6, 6.07) is 6.52. The number of hydrogen-bond donors (Lipinski definition) is 1. The molecule has 0 radical (unpaired) electrons. The molecule has 0 aromatic heterocycles. The van der Waals surface area contributed by atoms with Gasteiger partial charge >= 0.3 is 12.3 Å². The Morgan fingerprint density at radius 1 is 1.27 bits per heavy atom. The van der Waals surface area contributed by atoms with Gasteiger partial charge in [0.2, 0.25) is 0 Å². The van der Waals surface area contributed by atoms with Crippen LogP contribution in [0.4, 0.5) is 18.0 Å². The first kappa shape index (κ1) is 18.6. The number of alkyl halides is 3. The third kappa shape index (κ3) is 4.78. The van der Waals surface area contributed by atoms with Crippen molar-refractivity contribution in [3.63, 3.8) is 0 Å². The third-order valence-electron chi connectivity index (χ3n) is 3.44. The van der Waals surface area contributed by atoms with Crippen LogP contribution in [0.3, 0.4) is 0 Å². The molecule has 8 heteroatoms. The Hall–Kier alpha value is -1.47. The summed E-state index contributed by atoms with van der Waals surface area (Å²) in [6.45, 7) is -0.201. The molecular formula is C14H18ClF3N2O2. The number of piperidine rings is 1. The number of rotatable bonds is 2. The van der Waals surface area contributed by atoms with E-state index in [1.54, 1.807) is 30.3 Å². The highest BCUT2D eigenvalue weighted by Crippen LogP contribution is 2.32. The number of ether oxygens (including phenoxy) is 1. The van der Waals surface area contributed by atoms with Crippen LogP contribution in [0.15, 0.2) is 30.3 Å². The molecule has 1 aliphatic rings. The Bertz CT molecular complexity index is 485. The van der Waals surface area contributed by atoms with Crippen molar-refractivity contribution in [2.45, 2.75) is 37.7 Å². The second-order valence-corrected chi connectivity index (χ2v) is 5.09. The Balaban J connectivity index is 0.00000242. The van der Waals surface area contributed by atoms with E-state index in [-0.39, 0.29) is 38.4 Å². The number of nitrogens with two attached hydrogens (primary N) is 1. The van der Waals surface area contributed by atoms with Crippen LogP contribution in [0.5, 0.6) is 0 Å². The number of halogens is 4. The average Bonchev–Trinajstić information content (AvgIpc) is 2.44. The third-order valence-corrected chi connectivity index (χ3v) is 3.44. The molecule has 1 saturated heterocycles. The number of carbonyl (C=O) groups excluding carboxylic acids is 1. The maximum atomic E-state index is 13.0. The predicted molar refractivity (Wildman–Crippen MR) is 77.6 cm³/mol. The van der Waals surface area contributed by atoms with E-state index in [0.29, 0.717) is 4.90 Å². The second kappa shape index (κ2) is 7.69. The molecule has 1 aliphatic heterocycles. The molecule has 2 rings (SSSR count). The summed E-state index contributed by atoms with van der Waals surface area (Å²) in [5.74, 6) is 0. The van der Waals surface area contributed by atoms with Crippen molar-refractivity contribution in [1.82, 2.24) is 4.90 Å². The van der Waals surface area contributed by atoms with Gasteiger partial charge in [0.05, 0.1) is 0 Å². The van der Waals surface area contributed by atoms with Crippen LogP contribution in [-0.4, -0.2) is 35.8 Å². The van der Waals surface area contributed by atoms with Crippen LogP contribution >= 0.6 is 12.4 Å². The molecule has 1 amide bonds. The minimum atomic E-state index is -4.47. The van der Waals surface area contributed by atoms with Gasteiger partial charge in [-0.3, -0.25) is 4.90 Å². The summed E-state index contributed by atoms with van der Waals surface area (Å²) in [4.78, 5) is 12.6. The second-order valence-electron chi connectivity index (χ2n) is 5.09. The Morgan fingerprint density at radius 3 is 2.50 bits per heavy atom. The van der Waals surface area contributed by atoms with Crippen LogP contribution < -0.4 is 5.73 Å². The van der Waals surface area contributed by atoms with Crippen molar-refractivity contribution < 1.29 is 22.7 Å². The topological polar surface area (TPSA) is 55.6 Å². The lowest BCUT2D eigenvalue weighted by molar-refractivity contribution is -0.186. The molecule has 0 aliphatic carbocycles. The van der Waals surface area contributed by atoms with Crippen LogP contribution in [0.1, 0.15) is 18.4 Å². The van der Waals surface area contributed by atoms with Crippen molar-refractivity contribution in [1.29, 1.82) is 0 Å². The van der Waals surface area contributed by atoms with E-state index in [2.05, 4.69) is 0 Å². The molecule has 1 fully saturated rings. The average molecular weight is 339 g/mol. The van der Waals surface area contributed by atoms with Crippen molar-refractivity contribution in [3.8, 4) is 0 Å². The first-order valence-corrected chi connectivity index (χ1v) is 6.67. The zero-order valence-electron chi connectivity index (χ0n) is 11.8. The molecule has 2 atom stereocenters. The highest BCUT2D eigenvalue weighted by atomic mass is 35.5. The summed E-state index contributed by atoms with van der Waals surface area (Å²) in [5, 5.41) is 0. The Morgan fingerprint density at radius 2 is 1.91 bits per heavy atom. The zero-order chi connectivity index (χ0) is 15.5. The zero-order valence-corrected chi connectivity index (χ0v) is 12.6. The van der Waals surface area contributed by atoms with Crippen LogP contribution in [0.25, 0.3) is 0 Å². The Kier molecular flexibility index (Phi) is 6.49. The quantitative estimate of drug-likeness (QED) is 0.901. The smallest absolute Gasteiger partial charge is 0.410 e. The predicted octanol–water partition coefficient (Wildman–Crippen LogP) is 3.10. The maximum Gasteiger partial charge on any atom is 0.410 e. The number of likely N-dealkylation sites (tertiary alicyclic amines) is 1. The normalized spacial score (nSPS) is 21.9. The molecular weight excluding hydrogens is 321 g/mol. The molecule has 0 unspecified atom stereocenters. The molecule has 1 aromatic rings. The van der Waals surface area contributed by atoms with Crippen molar-refractivity contribution in [2.24, 2.45) is 5.73 Å². The summed E-state index contributed by atoms with van der Waals surface area (Å²) in [6.07, 6.45) is -5.39. The van der Waals surface area contributed by atoms with Gasteiger partial charge in [-0.15, -0.1) is 12.4 Å². The van der Waals surface area contributed by atoms with Crippen LogP contribution in [0.2, 0.25) is 0 Å². The molecule has 0 spiro atoms. The summed E-state index contributed by atoms with van der Waals surface area (Å²) < 4.78 is 43.8. The van der Waals surface area contributed by atoms with Crippen LogP contribution in [0, 0.1) is 0 Å². The molecule has 2 N–H and O–H groups in total. The van der Waals surface area contributed by atoms with E-state index in [9.17, 15) is 18.0 Å². The van der Waals surface area contributed by atoms with Gasteiger partial charge in [0.1, 0.15) is 12.6 Å². The number of hydrogen-bond acceptors (Lipinski definition) is 3. The van der Waals surface area contributed by atoms with Crippen molar-refractivity contribution >= 4 is 18.5 Å². The van der Waals surface area contributed by atoms with Gasteiger partial charge in [0.15, 0.2) is 0 Å². The fourth-order valence-electron chi connectivity index (χ4n) is 2.34. The highest BCUT2D eigenvalue weighted by molar-refractivity contribution is 5.85. The molecule has 4 nitrogen and oxygen atoms in total. The standard InChI is InChI=1S/C14H17F3N2O2.ClH/c15-14(16,17)12-7-6-11(18)8-19(12)13(20)21-9-10-4-2-1-3-5-10;/h1-5,11-12H,6-9,18H2;1H/t11-,12-;/m1./s1. The molecule has 124 valence electrons. The molecule has 0 saturated carbocycles. The minimum Gasteiger partial charge on any atom is -0.445 e.